The second-order valence-corrected chi connectivity index (χ2v) is 5.44. The maximum Gasteiger partial charge on any atom is 0.322 e. The Balaban J connectivity index is 1.85. The van der Waals surface area contributed by atoms with Crippen molar-refractivity contribution in [3.05, 3.63) is 41.0 Å². The Morgan fingerprint density at radius 1 is 1.43 bits per heavy atom. The molecule has 0 unspecified atom stereocenters. The Kier molecular flexibility index (Phi) is 4.20. The summed E-state index contributed by atoms with van der Waals surface area (Å²) in [5.74, 6) is 0.339. The number of benzene rings is 1. The van der Waals surface area contributed by atoms with Crippen molar-refractivity contribution in [2.75, 3.05) is 23.3 Å². The molecular formula is C15H16ClN5O2. The molecule has 120 valence electrons. The van der Waals surface area contributed by atoms with E-state index in [2.05, 4.69) is 15.7 Å². The van der Waals surface area contributed by atoms with Gasteiger partial charge in [-0.1, -0.05) is 11.6 Å². The van der Waals surface area contributed by atoms with Crippen molar-refractivity contribution in [2.24, 2.45) is 0 Å². The van der Waals surface area contributed by atoms with Gasteiger partial charge in [0, 0.05) is 31.3 Å². The van der Waals surface area contributed by atoms with E-state index < -0.39 is 0 Å². The first-order chi connectivity index (χ1) is 11.1. The number of urea groups is 1. The average Bonchev–Trinajstić information content (AvgIpc) is 3.16. The molecule has 3 rings (SSSR count). The van der Waals surface area contributed by atoms with Crippen LogP contribution in [0.25, 0.3) is 0 Å². The Bertz CT molecular complexity index is 758. The van der Waals surface area contributed by atoms with Crippen LogP contribution in [0.3, 0.4) is 0 Å². The molecule has 8 heteroatoms. The van der Waals surface area contributed by atoms with E-state index in [9.17, 15) is 9.59 Å². The zero-order valence-electron chi connectivity index (χ0n) is 12.5. The van der Waals surface area contributed by atoms with Crippen LogP contribution < -0.4 is 15.5 Å². The second kappa shape index (κ2) is 6.29. The molecule has 1 aromatic carbocycles. The van der Waals surface area contributed by atoms with Crippen molar-refractivity contribution in [2.45, 2.75) is 13.5 Å². The molecule has 2 heterocycles. The lowest BCUT2D eigenvalue weighted by molar-refractivity contribution is 0.102. The lowest BCUT2D eigenvalue weighted by Crippen LogP contribution is -2.28. The average molecular weight is 334 g/mol. The monoisotopic (exact) mass is 333 g/mol. The fourth-order valence-electron chi connectivity index (χ4n) is 2.44. The molecule has 3 amide bonds. The molecule has 0 radical (unpaired) electrons. The van der Waals surface area contributed by atoms with Gasteiger partial charge in [0.1, 0.15) is 5.82 Å². The molecule has 0 spiro atoms. The minimum Gasteiger partial charge on any atom is -0.336 e. The molecule has 1 aliphatic heterocycles. The summed E-state index contributed by atoms with van der Waals surface area (Å²) in [5, 5.41) is 10.1. The normalized spacial score (nSPS) is 14.0. The highest BCUT2D eigenvalue weighted by Crippen LogP contribution is 2.28. The number of amides is 3. The number of hydrogen-bond acceptors (Lipinski definition) is 3. The molecule has 1 fully saturated rings. The second-order valence-electron chi connectivity index (χ2n) is 5.04. The van der Waals surface area contributed by atoms with Crippen LogP contribution in [0.5, 0.6) is 0 Å². The first-order valence-corrected chi connectivity index (χ1v) is 7.66. The summed E-state index contributed by atoms with van der Waals surface area (Å²) in [4.78, 5) is 25.7. The number of rotatable bonds is 4. The molecule has 0 saturated carbocycles. The molecule has 1 aromatic heterocycles. The first kappa shape index (κ1) is 15.4. The number of hydrogen-bond donors (Lipinski definition) is 2. The summed E-state index contributed by atoms with van der Waals surface area (Å²) in [5.41, 5.74) is 0.950. The third kappa shape index (κ3) is 3.00. The highest BCUT2D eigenvalue weighted by molar-refractivity contribution is 6.34. The van der Waals surface area contributed by atoms with Gasteiger partial charge in [-0.15, -0.1) is 0 Å². The van der Waals surface area contributed by atoms with E-state index in [0.717, 1.165) is 0 Å². The SMILES string of the molecule is CCn1nccc1NC(=O)c1ccc(Cl)c(N2CCNC2=O)c1. The summed E-state index contributed by atoms with van der Waals surface area (Å²) in [6.45, 7) is 3.67. The van der Waals surface area contributed by atoms with Crippen LogP contribution >= 0.6 is 11.6 Å². The predicted molar refractivity (Wildman–Crippen MR) is 88.1 cm³/mol. The molecular weight excluding hydrogens is 318 g/mol. The van der Waals surface area contributed by atoms with E-state index in [1.54, 1.807) is 35.1 Å². The van der Waals surface area contributed by atoms with Gasteiger partial charge in [-0.2, -0.15) is 5.10 Å². The lowest BCUT2D eigenvalue weighted by atomic mass is 10.1. The van der Waals surface area contributed by atoms with Crippen molar-refractivity contribution < 1.29 is 9.59 Å². The van der Waals surface area contributed by atoms with E-state index in [1.807, 2.05) is 6.92 Å². The number of aryl methyl sites for hydroxylation is 1. The number of carbonyl (C=O) groups excluding carboxylic acids is 2. The molecule has 23 heavy (non-hydrogen) atoms. The van der Waals surface area contributed by atoms with Gasteiger partial charge in [0.2, 0.25) is 0 Å². The Hall–Kier alpha value is -2.54. The van der Waals surface area contributed by atoms with Crippen molar-refractivity contribution in [1.82, 2.24) is 15.1 Å². The van der Waals surface area contributed by atoms with Gasteiger partial charge in [0.05, 0.1) is 16.9 Å². The van der Waals surface area contributed by atoms with Crippen molar-refractivity contribution in [1.29, 1.82) is 0 Å². The predicted octanol–water partition coefficient (Wildman–Crippen LogP) is 2.34. The fraction of sp³-hybridized carbons (Fsp3) is 0.267. The zero-order valence-corrected chi connectivity index (χ0v) is 13.3. The lowest BCUT2D eigenvalue weighted by Gasteiger charge is -2.17. The maximum atomic E-state index is 12.4. The van der Waals surface area contributed by atoms with E-state index in [4.69, 9.17) is 11.6 Å². The Morgan fingerprint density at radius 2 is 2.26 bits per heavy atom. The van der Waals surface area contributed by atoms with Crippen molar-refractivity contribution >= 4 is 35.0 Å². The van der Waals surface area contributed by atoms with Gasteiger partial charge in [-0.25, -0.2) is 9.48 Å². The third-order valence-corrected chi connectivity index (χ3v) is 3.93. The number of nitrogens with one attached hydrogen (secondary N) is 2. The molecule has 1 saturated heterocycles. The topological polar surface area (TPSA) is 79.3 Å². The summed E-state index contributed by atoms with van der Waals surface area (Å²) >= 11 is 6.17. The number of aromatic nitrogens is 2. The number of carbonyl (C=O) groups is 2. The van der Waals surface area contributed by atoms with Crippen LogP contribution in [0, 0.1) is 0 Å². The standard InChI is InChI=1S/C15H16ClN5O2/c1-2-21-13(5-6-18-21)19-14(22)10-3-4-11(16)12(9-10)20-8-7-17-15(20)23/h3-6,9H,2,7-8H2,1H3,(H,17,23)(H,19,22). The number of halogens is 1. The van der Waals surface area contributed by atoms with Gasteiger partial charge >= 0.3 is 6.03 Å². The van der Waals surface area contributed by atoms with E-state index in [1.165, 1.54) is 4.90 Å². The van der Waals surface area contributed by atoms with Crippen LogP contribution in [-0.4, -0.2) is 34.8 Å². The molecule has 0 atom stereocenters. The quantitative estimate of drug-likeness (QED) is 0.901. The van der Waals surface area contributed by atoms with Crippen molar-refractivity contribution in [3.8, 4) is 0 Å². The molecule has 1 aliphatic rings. The number of anilines is 2. The van der Waals surface area contributed by atoms with Crippen LogP contribution in [0.4, 0.5) is 16.3 Å². The van der Waals surface area contributed by atoms with Gasteiger partial charge < -0.3 is 10.6 Å². The minimum absolute atomic E-state index is 0.214. The fourth-order valence-corrected chi connectivity index (χ4v) is 2.66. The van der Waals surface area contributed by atoms with Gasteiger partial charge in [-0.3, -0.25) is 9.69 Å². The van der Waals surface area contributed by atoms with Gasteiger partial charge in [-0.05, 0) is 25.1 Å². The van der Waals surface area contributed by atoms with Crippen molar-refractivity contribution in [3.63, 3.8) is 0 Å². The summed E-state index contributed by atoms with van der Waals surface area (Å²) < 4.78 is 1.68. The van der Waals surface area contributed by atoms with Crippen LogP contribution in [0.15, 0.2) is 30.5 Å². The highest BCUT2D eigenvalue weighted by atomic mass is 35.5. The minimum atomic E-state index is -0.280. The van der Waals surface area contributed by atoms with E-state index >= 15 is 0 Å². The molecule has 2 N–H and O–H groups in total. The van der Waals surface area contributed by atoms with Gasteiger partial charge in [0.25, 0.3) is 5.91 Å². The first-order valence-electron chi connectivity index (χ1n) is 7.28. The highest BCUT2D eigenvalue weighted by Gasteiger charge is 2.24. The van der Waals surface area contributed by atoms with Crippen LogP contribution in [0.1, 0.15) is 17.3 Å². The van der Waals surface area contributed by atoms with E-state index in [-0.39, 0.29) is 11.9 Å². The Labute approximate surface area is 138 Å². The molecule has 2 aromatic rings. The largest absolute Gasteiger partial charge is 0.336 e. The zero-order chi connectivity index (χ0) is 16.4. The third-order valence-electron chi connectivity index (χ3n) is 3.61. The number of nitrogens with zero attached hydrogens (tertiary/aromatic N) is 3. The maximum absolute atomic E-state index is 12.4. The van der Waals surface area contributed by atoms with Crippen LogP contribution in [0.2, 0.25) is 5.02 Å². The van der Waals surface area contributed by atoms with Gasteiger partial charge in [0.15, 0.2) is 0 Å². The Morgan fingerprint density at radius 3 is 2.96 bits per heavy atom. The summed E-state index contributed by atoms with van der Waals surface area (Å²) in [6, 6.07) is 6.38. The molecule has 0 aliphatic carbocycles. The summed E-state index contributed by atoms with van der Waals surface area (Å²) in [6.07, 6.45) is 1.63. The summed E-state index contributed by atoms with van der Waals surface area (Å²) in [7, 11) is 0. The molecule has 7 nitrogen and oxygen atoms in total. The van der Waals surface area contributed by atoms with Crippen LogP contribution in [-0.2, 0) is 6.54 Å². The van der Waals surface area contributed by atoms with E-state index in [0.29, 0.717) is 41.7 Å². The molecule has 0 bridgehead atoms. The smallest absolute Gasteiger partial charge is 0.322 e.